The van der Waals surface area contributed by atoms with Gasteiger partial charge in [-0.15, -0.1) is 12.4 Å². The summed E-state index contributed by atoms with van der Waals surface area (Å²) in [4.78, 5) is 25.0. The maximum Gasteiger partial charge on any atom is 0.242 e. The summed E-state index contributed by atoms with van der Waals surface area (Å²) in [5, 5.41) is 2.49. The Balaban J connectivity index is 0.00000242. The second-order valence-electron chi connectivity index (χ2n) is 5.18. The lowest BCUT2D eigenvalue weighted by molar-refractivity contribution is -0.133. The molecule has 1 aromatic carbocycles. The number of nitrogens with one attached hydrogen (secondary N) is 1. The lowest BCUT2D eigenvalue weighted by atomic mass is 10.1. The van der Waals surface area contributed by atoms with Crippen molar-refractivity contribution in [2.75, 3.05) is 19.6 Å². The first-order chi connectivity index (χ1) is 10.1. The molecule has 0 aliphatic heterocycles. The number of nitrogens with zero attached hydrogens (tertiary/aromatic N) is 1. The number of amides is 2. The molecule has 2 rings (SSSR count). The number of rotatable bonds is 7. The van der Waals surface area contributed by atoms with Gasteiger partial charge in [-0.1, -0.05) is 12.1 Å². The molecule has 0 unspecified atom stereocenters. The van der Waals surface area contributed by atoms with Gasteiger partial charge in [0, 0.05) is 12.6 Å². The van der Waals surface area contributed by atoms with Crippen molar-refractivity contribution in [1.29, 1.82) is 0 Å². The molecule has 1 aromatic rings. The molecule has 22 heavy (non-hydrogen) atoms. The minimum absolute atomic E-state index is 0. The molecule has 0 atom stereocenters. The average molecular weight is 330 g/mol. The van der Waals surface area contributed by atoms with Gasteiger partial charge in [-0.2, -0.15) is 0 Å². The zero-order valence-corrected chi connectivity index (χ0v) is 13.1. The Labute approximate surface area is 135 Å². The van der Waals surface area contributed by atoms with Crippen LogP contribution in [0.1, 0.15) is 18.4 Å². The molecule has 0 spiro atoms. The molecule has 7 heteroatoms. The molecule has 2 amide bonds. The Bertz CT molecular complexity index is 523. The zero-order chi connectivity index (χ0) is 15.2. The van der Waals surface area contributed by atoms with Gasteiger partial charge >= 0.3 is 0 Å². The van der Waals surface area contributed by atoms with Crippen molar-refractivity contribution in [1.82, 2.24) is 10.2 Å². The van der Waals surface area contributed by atoms with Gasteiger partial charge in [-0.3, -0.25) is 9.59 Å². The van der Waals surface area contributed by atoms with E-state index in [1.807, 2.05) is 6.07 Å². The van der Waals surface area contributed by atoms with Gasteiger partial charge in [0.05, 0.1) is 13.1 Å². The Morgan fingerprint density at radius 2 is 2.09 bits per heavy atom. The second kappa shape index (κ2) is 8.70. The summed E-state index contributed by atoms with van der Waals surface area (Å²) in [6.07, 6.45) is 2.57. The fourth-order valence-corrected chi connectivity index (χ4v) is 2.19. The minimum Gasteiger partial charge on any atom is -0.346 e. The van der Waals surface area contributed by atoms with Crippen molar-refractivity contribution in [3.63, 3.8) is 0 Å². The monoisotopic (exact) mass is 329 g/mol. The predicted molar refractivity (Wildman–Crippen MR) is 84.2 cm³/mol. The SMILES string of the molecule is Cl.NCC(=O)NCC(=O)N(CCc1cccc(F)c1)C1CC1. The van der Waals surface area contributed by atoms with Crippen molar-refractivity contribution in [3.05, 3.63) is 35.6 Å². The molecule has 1 aliphatic rings. The fourth-order valence-electron chi connectivity index (χ4n) is 2.19. The van der Waals surface area contributed by atoms with E-state index in [0.29, 0.717) is 13.0 Å². The highest BCUT2D eigenvalue weighted by molar-refractivity contribution is 5.86. The number of hydrogen-bond donors (Lipinski definition) is 2. The van der Waals surface area contributed by atoms with Gasteiger partial charge in [-0.25, -0.2) is 4.39 Å². The lowest BCUT2D eigenvalue weighted by Crippen LogP contribution is -2.43. The molecule has 1 aliphatic carbocycles. The van der Waals surface area contributed by atoms with Crippen LogP contribution in [0.5, 0.6) is 0 Å². The molecule has 1 fully saturated rings. The zero-order valence-electron chi connectivity index (χ0n) is 12.3. The molecule has 1 saturated carbocycles. The van der Waals surface area contributed by atoms with E-state index in [1.54, 1.807) is 11.0 Å². The molecule has 5 nitrogen and oxygen atoms in total. The van der Waals surface area contributed by atoms with Crippen LogP contribution in [0.15, 0.2) is 24.3 Å². The molecule has 0 saturated heterocycles. The van der Waals surface area contributed by atoms with E-state index in [1.165, 1.54) is 12.1 Å². The third-order valence-electron chi connectivity index (χ3n) is 3.46. The number of nitrogens with two attached hydrogens (primary N) is 1. The van der Waals surface area contributed by atoms with E-state index in [2.05, 4.69) is 5.32 Å². The van der Waals surface area contributed by atoms with Crippen molar-refractivity contribution in [2.45, 2.75) is 25.3 Å². The molecule has 0 aromatic heterocycles. The van der Waals surface area contributed by atoms with Crippen LogP contribution >= 0.6 is 12.4 Å². The maximum atomic E-state index is 13.1. The quantitative estimate of drug-likeness (QED) is 0.779. The topological polar surface area (TPSA) is 75.4 Å². The van der Waals surface area contributed by atoms with Gasteiger partial charge in [0.25, 0.3) is 0 Å². The highest BCUT2D eigenvalue weighted by Gasteiger charge is 2.32. The van der Waals surface area contributed by atoms with Gasteiger partial charge < -0.3 is 16.0 Å². The fraction of sp³-hybridized carbons (Fsp3) is 0.467. The Kier molecular flexibility index (Phi) is 7.27. The van der Waals surface area contributed by atoms with E-state index in [4.69, 9.17) is 5.73 Å². The summed E-state index contributed by atoms with van der Waals surface area (Å²) < 4.78 is 13.1. The Morgan fingerprint density at radius 3 is 2.68 bits per heavy atom. The van der Waals surface area contributed by atoms with Crippen LogP contribution in [0.4, 0.5) is 4.39 Å². The Hall–Kier alpha value is -1.66. The van der Waals surface area contributed by atoms with Crippen molar-refractivity contribution in [2.24, 2.45) is 5.73 Å². The lowest BCUT2D eigenvalue weighted by Gasteiger charge is -2.22. The van der Waals surface area contributed by atoms with Gasteiger partial charge in [0.2, 0.25) is 11.8 Å². The maximum absolute atomic E-state index is 13.1. The van der Waals surface area contributed by atoms with Crippen molar-refractivity contribution >= 4 is 24.2 Å². The third-order valence-corrected chi connectivity index (χ3v) is 3.46. The van der Waals surface area contributed by atoms with E-state index in [-0.39, 0.29) is 49.2 Å². The summed E-state index contributed by atoms with van der Waals surface area (Å²) in [5.41, 5.74) is 6.04. The summed E-state index contributed by atoms with van der Waals surface area (Å²) in [5.74, 6) is -0.730. The van der Waals surface area contributed by atoms with E-state index >= 15 is 0 Å². The summed E-state index contributed by atoms with van der Waals surface area (Å²) >= 11 is 0. The second-order valence-corrected chi connectivity index (χ2v) is 5.18. The van der Waals surface area contributed by atoms with Gasteiger partial charge in [0.15, 0.2) is 0 Å². The molecule has 122 valence electrons. The van der Waals surface area contributed by atoms with Crippen LogP contribution in [0.25, 0.3) is 0 Å². The van der Waals surface area contributed by atoms with Crippen LogP contribution in [0, 0.1) is 5.82 Å². The molecular weight excluding hydrogens is 309 g/mol. The number of carbonyl (C=O) groups excluding carboxylic acids is 2. The summed E-state index contributed by atoms with van der Waals surface area (Å²) in [7, 11) is 0. The largest absolute Gasteiger partial charge is 0.346 e. The number of hydrogen-bond acceptors (Lipinski definition) is 3. The average Bonchev–Trinajstić information content (AvgIpc) is 3.29. The van der Waals surface area contributed by atoms with E-state index in [0.717, 1.165) is 18.4 Å². The normalized spacial score (nSPS) is 13.2. The first-order valence-corrected chi connectivity index (χ1v) is 7.11. The standard InChI is InChI=1S/C15H20FN3O2.ClH/c16-12-3-1-2-11(8-12)6-7-19(13-4-5-13)15(21)10-18-14(20)9-17;/h1-3,8,13H,4-7,9-10,17H2,(H,18,20);1H. The number of carbonyl (C=O) groups is 2. The Morgan fingerprint density at radius 1 is 1.36 bits per heavy atom. The first kappa shape index (κ1) is 18.4. The summed E-state index contributed by atoms with van der Waals surface area (Å²) in [6.45, 7) is 0.376. The third kappa shape index (κ3) is 5.61. The molecule has 0 heterocycles. The van der Waals surface area contributed by atoms with E-state index < -0.39 is 0 Å². The van der Waals surface area contributed by atoms with Crippen molar-refractivity contribution < 1.29 is 14.0 Å². The number of halogens is 2. The first-order valence-electron chi connectivity index (χ1n) is 7.11. The van der Waals surface area contributed by atoms with E-state index in [9.17, 15) is 14.0 Å². The van der Waals surface area contributed by atoms with Crippen LogP contribution in [-0.2, 0) is 16.0 Å². The van der Waals surface area contributed by atoms with Crippen molar-refractivity contribution in [3.8, 4) is 0 Å². The minimum atomic E-state index is -0.343. The summed E-state index contributed by atoms with van der Waals surface area (Å²) in [6, 6.07) is 6.63. The van der Waals surface area contributed by atoms with Crippen LogP contribution in [0.2, 0.25) is 0 Å². The van der Waals surface area contributed by atoms with Crippen LogP contribution in [-0.4, -0.2) is 42.4 Å². The van der Waals surface area contributed by atoms with Crippen LogP contribution < -0.4 is 11.1 Å². The smallest absolute Gasteiger partial charge is 0.242 e. The van der Waals surface area contributed by atoms with Crippen LogP contribution in [0.3, 0.4) is 0 Å². The highest BCUT2D eigenvalue weighted by atomic mass is 35.5. The molecule has 3 N–H and O–H groups in total. The molecule has 0 bridgehead atoms. The molecular formula is C15H21ClFN3O2. The number of benzene rings is 1. The molecule has 0 radical (unpaired) electrons. The van der Waals surface area contributed by atoms with Gasteiger partial charge in [0.1, 0.15) is 5.82 Å². The van der Waals surface area contributed by atoms with Gasteiger partial charge in [-0.05, 0) is 37.0 Å². The predicted octanol–water partition coefficient (Wildman–Crippen LogP) is 0.856. The highest BCUT2D eigenvalue weighted by Crippen LogP contribution is 2.27.